The molecule has 0 spiro atoms. The lowest BCUT2D eigenvalue weighted by Gasteiger charge is -2.25. The molecule has 5 nitrogen and oxygen atoms in total. The first kappa shape index (κ1) is 15.6. The molecule has 0 radical (unpaired) electrons. The summed E-state index contributed by atoms with van der Waals surface area (Å²) in [7, 11) is 0. The molecule has 2 fully saturated rings. The molecule has 120 valence electrons. The highest BCUT2D eigenvalue weighted by Gasteiger charge is 2.22. The number of anilines is 1. The molecule has 1 amide bonds. The van der Waals surface area contributed by atoms with Crippen molar-refractivity contribution in [3.05, 3.63) is 23.5 Å². The van der Waals surface area contributed by atoms with Crippen molar-refractivity contribution in [2.24, 2.45) is 0 Å². The zero-order valence-corrected chi connectivity index (χ0v) is 13.6. The van der Waals surface area contributed by atoms with Crippen molar-refractivity contribution in [2.75, 3.05) is 50.7 Å². The summed E-state index contributed by atoms with van der Waals surface area (Å²) in [5.41, 5.74) is 1.05. The van der Waals surface area contributed by atoms with Crippen LogP contribution in [0.1, 0.15) is 19.3 Å². The number of amides is 1. The Kier molecular flexibility index (Phi) is 5.16. The standard InChI is InChI=1S/C16H23ClN4O/c17-14-12-18-5-4-15(14)20-9-3-6-19(10-11-20)13-16(22)21-7-1-2-8-21/h4-5,12H,1-3,6-11,13H2. The van der Waals surface area contributed by atoms with Crippen molar-refractivity contribution in [1.82, 2.24) is 14.8 Å². The van der Waals surface area contributed by atoms with Crippen LogP contribution in [0.2, 0.25) is 5.02 Å². The Balaban J connectivity index is 1.56. The largest absolute Gasteiger partial charge is 0.369 e. The van der Waals surface area contributed by atoms with Crippen LogP contribution in [0.15, 0.2) is 18.5 Å². The lowest BCUT2D eigenvalue weighted by Crippen LogP contribution is -2.40. The monoisotopic (exact) mass is 322 g/mol. The van der Waals surface area contributed by atoms with Gasteiger partial charge < -0.3 is 9.80 Å². The third-order valence-corrected chi connectivity index (χ3v) is 4.79. The Morgan fingerprint density at radius 1 is 1.09 bits per heavy atom. The Labute approximate surface area is 136 Å². The Hall–Kier alpha value is -1.33. The second-order valence-electron chi connectivity index (χ2n) is 6.03. The minimum Gasteiger partial charge on any atom is -0.369 e. The molecule has 1 aromatic heterocycles. The molecule has 2 saturated heterocycles. The van der Waals surface area contributed by atoms with Gasteiger partial charge in [0.15, 0.2) is 0 Å². The van der Waals surface area contributed by atoms with E-state index in [2.05, 4.69) is 14.8 Å². The fourth-order valence-corrected chi connectivity index (χ4v) is 3.49. The lowest BCUT2D eigenvalue weighted by molar-refractivity contribution is -0.131. The maximum atomic E-state index is 12.3. The number of rotatable bonds is 3. The van der Waals surface area contributed by atoms with Crippen molar-refractivity contribution in [1.29, 1.82) is 0 Å². The van der Waals surface area contributed by atoms with E-state index in [0.29, 0.717) is 11.6 Å². The highest BCUT2D eigenvalue weighted by Crippen LogP contribution is 2.25. The summed E-state index contributed by atoms with van der Waals surface area (Å²) in [6.07, 6.45) is 6.82. The third kappa shape index (κ3) is 3.70. The van der Waals surface area contributed by atoms with E-state index in [9.17, 15) is 4.79 Å². The van der Waals surface area contributed by atoms with Crippen molar-refractivity contribution in [2.45, 2.75) is 19.3 Å². The summed E-state index contributed by atoms with van der Waals surface area (Å²) >= 11 is 6.24. The molecule has 0 saturated carbocycles. The first-order chi connectivity index (χ1) is 10.7. The quantitative estimate of drug-likeness (QED) is 0.852. The van der Waals surface area contributed by atoms with Crippen molar-refractivity contribution >= 4 is 23.2 Å². The summed E-state index contributed by atoms with van der Waals surface area (Å²) in [5, 5.41) is 0.698. The van der Waals surface area contributed by atoms with E-state index in [4.69, 9.17) is 11.6 Å². The van der Waals surface area contributed by atoms with Crippen molar-refractivity contribution < 1.29 is 4.79 Å². The van der Waals surface area contributed by atoms with E-state index in [-0.39, 0.29) is 5.91 Å². The van der Waals surface area contributed by atoms with Gasteiger partial charge in [0, 0.05) is 51.7 Å². The van der Waals surface area contributed by atoms with E-state index in [0.717, 1.165) is 64.2 Å². The number of pyridine rings is 1. The van der Waals surface area contributed by atoms with Crippen LogP contribution in [0.4, 0.5) is 5.69 Å². The fourth-order valence-electron chi connectivity index (χ4n) is 3.25. The number of hydrogen-bond donors (Lipinski definition) is 0. The van der Waals surface area contributed by atoms with Gasteiger partial charge in [-0.25, -0.2) is 0 Å². The van der Waals surface area contributed by atoms with E-state index in [1.807, 2.05) is 11.0 Å². The number of hydrogen-bond acceptors (Lipinski definition) is 4. The summed E-state index contributed by atoms with van der Waals surface area (Å²) in [6.45, 7) is 6.17. The van der Waals surface area contributed by atoms with Crippen LogP contribution in [0.5, 0.6) is 0 Å². The van der Waals surface area contributed by atoms with Gasteiger partial charge in [-0.15, -0.1) is 0 Å². The van der Waals surface area contributed by atoms with Gasteiger partial charge in [0.2, 0.25) is 5.91 Å². The number of carbonyl (C=O) groups excluding carboxylic acids is 1. The van der Waals surface area contributed by atoms with E-state index >= 15 is 0 Å². The molecule has 2 aliphatic heterocycles. The second-order valence-corrected chi connectivity index (χ2v) is 6.44. The van der Waals surface area contributed by atoms with Gasteiger partial charge in [0.1, 0.15) is 0 Å². The van der Waals surface area contributed by atoms with Gasteiger partial charge in [0.25, 0.3) is 0 Å². The topological polar surface area (TPSA) is 39.7 Å². The van der Waals surface area contributed by atoms with Gasteiger partial charge >= 0.3 is 0 Å². The number of likely N-dealkylation sites (tertiary alicyclic amines) is 1. The normalized spacial score (nSPS) is 20.2. The first-order valence-corrected chi connectivity index (χ1v) is 8.46. The van der Waals surface area contributed by atoms with E-state index in [1.165, 1.54) is 0 Å². The van der Waals surface area contributed by atoms with Gasteiger partial charge in [-0.3, -0.25) is 14.7 Å². The lowest BCUT2D eigenvalue weighted by atomic mass is 10.3. The molecule has 0 bridgehead atoms. The molecule has 1 aromatic rings. The Morgan fingerprint density at radius 2 is 1.91 bits per heavy atom. The molecule has 0 atom stereocenters. The van der Waals surface area contributed by atoms with E-state index in [1.54, 1.807) is 12.4 Å². The smallest absolute Gasteiger partial charge is 0.236 e. The van der Waals surface area contributed by atoms with Crippen molar-refractivity contribution in [3.8, 4) is 0 Å². The van der Waals surface area contributed by atoms with Crippen LogP contribution in [0, 0.1) is 0 Å². The number of carbonyl (C=O) groups is 1. The average Bonchev–Trinajstić information content (AvgIpc) is 2.96. The molecule has 3 rings (SSSR count). The minimum atomic E-state index is 0.285. The molecule has 22 heavy (non-hydrogen) atoms. The molecule has 0 aromatic carbocycles. The maximum absolute atomic E-state index is 12.3. The molecule has 0 aliphatic carbocycles. The maximum Gasteiger partial charge on any atom is 0.236 e. The Bertz CT molecular complexity index is 519. The van der Waals surface area contributed by atoms with Crippen LogP contribution in [0.25, 0.3) is 0 Å². The number of halogens is 1. The molecular weight excluding hydrogens is 300 g/mol. The van der Waals surface area contributed by atoms with Crippen LogP contribution >= 0.6 is 11.6 Å². The van der Waals surface area contributed by atoms with Crippen LogP contribution in [0.3, 0.4) is 0 Å². The van der Waals surface area contributed by atoms with Crippen molar-refractivity contribution in [3.63, 3.8) is 0 Å². The summed E-state index contributed by atoms with van der Waals surface area (Å²) in [6, 6.07) is 1.97. The van der Waals surface area contributed by atoms with Crippen LogP contribution < -0.4 is 4.90 Å². The predicted molar refractivity (Wildman–Crippen MR) is 88.3 cm³/mol. The zero-order chi connectivity index (χ0) is 15.4. The molecule has 3 heterocycles. The third-order valence-electron chi connectivity index (χ3n) is 4.50. The summed E-state index contributed by atoms with van der Waals surface area (Å²) in [4.78, 5) is 22.9. The van der Waals surface area contributed by atoms with Gasteiger partial charge in [-0.05, 0) is 25.3 Å². The van der Waals surface area contributed by atoms with Gasteiger partial charge in [-0.1, -0.05) is 11.6 Å². The summed E-state index contributed by atoms with van der Waals surface area (Å²) < 4.78 is 0. The second kappa shape index (κ2) is 7.29. The molecule has 2 aliphatic rings. The van der Waals surface area contributed by atoms with E-state index < -0.39 is 0 Å². The molecular formula is C16H23ClN4O. The van der Waals surface area contributed by atoms with Crippen LogP contribution in [-0.2, 0) is 4.79 Å². The highest BCUT2D eigenvalue weighted by atomic mass is 35.5. The molecule has 0 unspecified atom stereocenters. The molecule has 0 N–H and O–H groups in total. The zero-order valence-electron chi connectivity index (χ0n) is 12.9. The number of aromatic nitrogens is 1. The molecule has 6 heteroatoms. The van der Waals surface area contributed by atoms with Gasteiger partial charge in [0.05, 0.1) is 17.3 Å². The minimum absolute atomic E-state index is 0.285. The first-order valence-electron chi connectivity index (χ1n) is 8.08. The van der Waals surface area contributed by atoms with Crippen LogP contribution in [-0.4, -0.2) is 66.5 Å². The summed E-state index contributed by atoms with van der Waals surface area (Å²) in [5.74, 6) is 0.285. The predicted octanol–water partition coefficient (Wildman–Crippen LogP) is 1.87. The fraction of sp³-hybridized carbons (Fsp3) is 0.625. The SMILES string of the molecule is O=C(CN1CCCN(c2ccncc2Cl)CC1)N1CCCC1. The number of nitrogens with zero attached hydrogens (tertiary/aromatic N) is 4. The van der Waals surface area contributed by atoms with Gasteiger partial charge in [-0.2, -0.15) is 0 Å². The Morgan fingerprint density at radius 3 is 2.68 bits per heavy atom. The highest BCUT2D eigenvalue weighted by molar-refractivity contribution is 6.33. The average molecular weight is 323 g/mol.